The standard InChI is InChI=1S/C12H16BrClO/c1-9(2)5-6-15-11-3-4-12(13)10(7-11)8-14/h3-4,7,9H,5-6,8H2,1-2H3. The molecule has 0 aliphatic carbocycles. The molecule has 0 fully saturated rings. The Morgan fingerprint density at radius 3 is 2.73 bits per heavy atom. The molecule has 0 bridgehead atoms. The van der Waals surface area contributed by atoms with Crippen molar-refractivity contribution in [1.29, 1.82) is 0 Å². The smallest absolute Gasteiger partial charge is 0.119 e. The average molecular weight is 292 g/mol. The van der Waals surface area contributed by atoms with E-state index in [9.17, 15) is 0 Å². The molecule has 0 heterocycles. The molecule has 0 radical (unpaired) electrons. The third kappa shape index (κ3) is 4.43. The van der Waals surface area contributed by atoms with Gasteiger partial charge in [-0.3, -0.25) is 0 Å². The Bertz CT molecular complexity index is 312. The first-order chi connectivity index (χ1) is 7.13. The second-order valence-corrected chi connectivity index (χ2v) is 5.04. The molecule has 84 valence electrons. The summed E-state index contributed by atoms with van der Waals surface area (Å²) in [4.78, 5) is 0. The fourth-order valence-corrected chi connectivity index (χ4v) is 1.93. The van der Waals surface area contributed by atoms with Crippen LogP contribution in [-0.2, 0) is 5.88 Å². The number of benzene rings is 1. The third-order valence-electron chi connectivity index (χ3n) is 2.13. The van der Waals surface area contributed by atoms with E-state index in [1.807, 2.05) is 18.2 Å². The van der Waals surface area contributed by atoms with E-state index >= 15 is 0 Å². The SMILES string of the molecule is CC(C)CCOc1ccc(Br)c(CCl)c1. The summed E-state index contributed by atoms with van der Waals surface area (Å²) in [6.45, 7) is 5.14. The summed E-state index contributed by atoms with van der Waals surface area (Å²) in [7, 11) is 0. The molecule has 0 atom stereocenters. The maximum Gasteiger partial charge on any atom is 0.119 e. The van der Waals surface area contributed by atoms with Gasteiger partial charge in [-0.15, -0.1) is 11.6 Å². The van der Waals surface area contributed by atoms with E-state index in [1.165, 1.54) is 0 Å². The molecule has 1 aromatic carbocycles. The van der Waals surface area contributed by atoms with Gasteiger partial charge in [-0.05, 0) is 36.1 Å². The van der Waals surface area contributed by atoms with Gasteiger partial charge in [-0.25, -0.2) is 0 Å². The predicted molar refractivity (Wildman–Crippen MR) is 68.6 cm³/mol. The predicted octanol–water partition coefficient (Wildman–Crippen LogP) is 4.61. The highest BCUT2D eigenvalue weighted by Crippen LogP contribution is 2.24. The quantitative estimate of drug-likeness (QED) is 0.720. The highest BCUT2D eigenvalue weighted by atomic mass is 79.9. The molecule has 0 amide bonds. The lowest BCUT2D eigenvalue weighted by atomic mass is 10.1. The van der Waals surface area contributed by atoms with Crippen molar-refractivity contribution in [3.8, 4) is 5.75 Å². The summed E-state index contributed by atoms with van der Waals surface area (Å²) in [6.07, 6.45) is 1.08. The van der Waals surface area contributed by atoms with Crippen LogP contribution in [0.3, 0.4) is 0 Å². The Kier molecular flexibility index (Phi) is 5.48. The lowest BCUT2D eigenvalue weighted by molar-refractivity contribution is 0.289. The molecule has 15 heavy (non-hydrogen) atoms. The fraction of sp³-hybridized carbons (Fsp3) is 0.500. The molecule has 3 heteroatoms. The number of ether oxygens (including phenoxy) is 1. The van der Waals surface area contributed by atoms with Gasteiger partial charge in [0.2, 0.25) is 0 Å². The topological polar surface area (TPSA) is 9.23 Å². The molecule has 1 nitrogen and oxygen atoms in total. The zero-order valence-electron chi connectivity index (χ0n) is 9.09. The summed E-state index contributed by atoms with van der Waals surface area (Å²) in [5, 5.41) is 0. The zero-order valence-corrected chi connectivity index (χ0v) is 11.4. The molecule has 1 rings (SSSR count). The highest BCUT2D eigenvalue weighted by Gasteiger charge is 2.02. The third-order valence-corrected chi connectivity index (χ3v) is 3.19. The minimum atomic E-state index is 0.502. The maximum atomic E-state index is 5.80. The largest absolute Gasteiger partial charge is 0.494 e. The number of halogens is 2. The molecular formula is C12H16BrClO. The highest BCUT2D eigenvalue weighted by molar-refractivity contribution is 9.10. The van der Waals surface area contributed by atoms with E-state index in [4.69, 9.17) is 16.3 Å². The second kappa shape index (κ2) is 6.39. The summed E-state index contributed by atoms with van der Waals surface area (Å²) in [6, 6.07) is 5.92. The van der Waals surface area contributed by atoms with Gasteiger partial charge in [-0.2, -0.15) is 0 Å². The van der Waals surface area contributed by atoms with Gasteiger partial charge in [0.15, 0.2) is 0 Å². The molecule has 1 aromatic rings. The Morgan fingerprint density at radius 1 is 1.40 bits per heavy atom. The molecule has 0 saturated carbocycles. The van der Waals surface area contributed by atoms with Crippen molar-refractivity contribution < 1.29 is 4.74 Å². The monoisotopic (exact) mass is 290 g/mol. The first kappa shape index (κ1) is 12.9. The van der Waals surface area contributed by atoms with Gasteiger partial charge in [0, 0.05) is 10.4 Å². The van der Waals surface area contributed by atoms with Gasteiger partial charge >= 0.3 is 0 Å². The Morgan fingerprint density at radius 2 is 2.13 bits per heavy atom. The van der Waals surface area contributed by atoms with Crippen molar-refractivity contribution in [2.24, 2.45) is 5.92 Å². The van der Waals surface area contributed by atoms with Crippen molar-refractivity contribution in [1.82, 2.24) is 0 Å². The summed E-state index contributed by atoms with van der Waals surface area (Å²) in [5.74, 6) is 2.07. The van der Waals surface area contributed by atoms with Crippen LogP contribution in [0, 0.1) is 5.92 Å². The van der Waals surface area contributed by atoms with E-state index in [-0.39, 0.29) is 0 Å². The second-order valence-electron chi connectivity index (χ2n) is 3.92. The van der Waals surface area contributed by atoms with Crippen LogP contribution in [-0.4, -0.2) is 6.61 Å². The summed E-state index contributed by atoms with van der Waals surface area (Å²) in [5.41, 5.74) is 1.07. The molecule has 0 saturated heterocycles. The summed E-state index contributed by atoms with van der Waals surface area (Å²) >= 11 is 9.25. The van der Waals surface area contributed by atoms with Gasteiger partial charge in [0.25, 0.3) is 0 Å². The van der Waals surface area contributed by atoms with Gasteiger partial charge in [-0.1, -0.05) is 29.8 Å². The lowest BCUT2D eigenvalue weighted by Gasteiger charge is -2.09. The van der Waals surface area contributed by atoms with E-state index in [0.717, 1.165) is 28.8 Å². The minimum absolute atomic E-state index is 0.502. The van der Waals surface area contributed by atoms with Gasteiger partial charge in [0.05, 0.1) is 6.61 Å². The number of hydrogen-bond acceptors (Lipinski definition) is 1. The molecule has 0 spiro atoms. The van der Waals surface area contributed by atoms with E-state index in [2.05, 4.69) is 29.8 Å². The van der Waals surface area contributed by atoms with Crippen molar-refractivity contribution in [2.45, 2.75) is 26.1 Å². The molecule has 0 aliphatic rings. The first-order valence-corrected chi connectivity index (χ1v) is 6.43. The normalized spacial score (nSPS) is 10.7. The number of hydrogen-bond donors (Lipinski definition) is 0. The molecular weight excluding hydrogens is 275 g/mol. The Hall–Kier alpha value is -0.210. The van der Waals surface area contributed by atoms with E-state index in [0.29, 0.717) is 11.8 Å². The van der Waals surface area contributed by atoms with Crippen molar-refractivity contribution in [3.63, 3.8) is 0 Å². The minimum Gasteiger partial charge on any atom is -0.494 e. The molecule has 0 aromatic heterocycles. The summed E-state index contributed by atoms with van der Waals surface area (Å²) < 4.78 is 6.67. The van der Waals surface area contributed by atoms with E-state index in [1.54, 1.807) is 0 Å². The van der Waals surface area contributed by atoms with Crippen molar-refractivity contribution in [2.75, 3.05) is 6.61 Å². The maximum absolute atomic E-state index is 5.80. The van der Waals surface area contributed by atoms with Crippen LogP contribution in [0.2, 0.25) is 0 Å². The van der Waals surface area contributed by atoms with Gasteiger partial charge < -0.3 is 4.74 Å². The van der Waals surface area contributed by atoms with Crippen LogP contribution in [0.4, 0.5) is 0 Å². The van der Waals surface area contributed by atoms with Crippen LogP contribution in [0.1, 0.15) is 25.8 Å². The Balaban J connectivity index is 2.54. The Labute approximate surface area is 105 Å². The van der Waals surface area contributed by atoms with E-state index < -0.39 is 0 Å². The molecule has 0 unspecified atom stereocenters. The molecule has 0 N–H and O–H groups in total. The van der Waals surface area contributed by atoms with Crippen molar-refractivity contribution >= 4 is 27.5 Å². The van der Waals surface area contributed by atoms with Crippen LogP contribution in [0.15, 0.2) is 22.7 Å². The van der Waals surface area contributed by atoms with Crippen LogP contribution < -0.4 is 4.74 Å². The lowest BCUT2D eigenvalue weighted by Crippen LogP contribution is -2.01. The first-order valence-electron chi connectivity index (χ1n) is 5.10. The van der Waals surface area contributed by atoms with Crippen LogP contribution >= 0.6 is 27.5 Å². The zero-order chi connectivity index (χ0) is 11.3. The molecule has 0 aliphatic heterocycles. The van der Waals surface area contributed by atoms with Crippen LogP contribution in [0.25, 0.3) is 0 Å². The van der Waals surface area contributed by atoms with Crippen molar-refractivity contribution in [3.05, 3.63) is 28.2 Å². The number of rotatable bonds is 5. The average Bonchev–Trinajstić information content (AvgIpc) is 2.20. The van der Waals surface area contributed by atoms with Crippen LogP contribution in [0.5, 0.6) is 5.75 Å². The van der Waals surface area contributed by atoms with Gasteiger partial charge in [0.1, 0.15) is 5.75 Å². The number of alkyl halides is 1. The fourth-order valence-electron chi connectivity index (χ4n) is 1.16.